The average molecular weight is 457 g/mol. The van der Waals surface area contributed by atoms with Crippen molar-refractivity contribution < 1.29 is 9.53 Å². The number of nitrogens with one attached hydrogen (secondary N) is 1. The van der Waals surface area contributed by atoms with Crippen molar-refractivity contribution in [1.29, 1.82) is 0 Å². The van der Waals surface area contributed by atoms with Gasteiger partial charge in [0.05, 0.1) is 15.7 Å². The van der Waals surface area contributed by atoms with E-state index in [1.807, 2.05) is 18.2 Å². The molecule has 30 heavy (non-hydrogen) atoms. The third kappa shape index (κ3) is 6.39. The van der Waals surface area contributed by atoms with Crippen LogP contribution in [-0.4, -0.2) is 75.5 Å². The Morgan fingerprint density at radius 3 is 2.53 bits per heavy atom. The molecular weight excluding hydrogens is 423 g/mol. The van der Waals surface area contributed by atoms with E-state index < -0.39 is 0 Å². The van der Waals surface area contributed by atoms with Gasteiger partial charge in [-0.2, -0.15) is 0 Å². The molecule has 168 valence electrons. The normalized spacial score (nSPS) is 22.7. The monoisotopic (exact) mass is 456 g/mol. The lowest BCUT2D eigenvalue weighted by Crippen LogP contribution is -2.47. The third-order valence-electron chi connectivity index (χ3n) is 6.34. The number of carbonyl (C=O) groups excluding carboxylic acids is 1. The molecule has 8 heteroatoms. The molecule has 0 unspecified atom stereocenters. The summed E-state index contributed by atoms with van der Waals surface area (Å²) in [6.07, 6.45) is 5.76. The summed E-state index contributed by atoms with van der Waals surface area (Å²) in [4.78, 5) is 18.6. The van der Waals surface area contributed by atoms with Crippen LogP contribution in [0, 0.1) is 5.92 Å². The number of methoxy groups -OCH3 is 1. The van der Waals surface area contributed by atoms with Gasteiger partial charge in [0, 0.05) is 46.4 Å². The van der Waals surface area contributed by atoms with Gasteiger partial charge in [-0.25, -0.2) is 4.79 Å². The Hall–Kier alpha value is -1.21. The summed E-state index contributed by atoms with van der Waals surface area (Å²) < 4.78 is 5.01. The number of hydrogen-bond donors (Lipinski definition) is 1. The SMILES string of the molecule is COCN(C)C(=O)N[C@H]1CC[C@H](CCN2CCN(c3cccc(Cl)c3Cl)CC2)CC1. The second-order valence-electron chi connectivity index (χ2n) is 8.47. The Morgan fingerprint density at radius 1 is 1.17 bits per heavy atom. The van der Waals surface area contributed by atoms with Gasteiger partial charge in [-0.3, -0.25) is 4.90 Å². The molecule has 1 aromatic rings. The Morgan fingerprint density at radius 2 is 1.87 bits per heavy atom. The van der Waals surface area contributed by atoms with Gasteiger partial charge in [-0.15, -0.1) is 0 Å². The Labute approximate surface area is 190 Å². The fraction of sp³-hybridized carbons (Fsp3) is 0.682. The third-order valence-corrected chi connectivity index (χ3v) is 7.15. The maximum absolute atomic E-state index is 12.1. The van der Waals surface area contributed by atoms with Crippen molar-refractivity contribution in [2.75, 3.05) is 58.5 Å². The van der Waals surface area contributed by atoms with Crippen LogP contribution < -0.4 is 10.2 Å². The fourth-order valence-corrected chi connectivity index (χ4v) is 4.86. The first-order valence-electron chi connectivity index (χ1n) is 10.9. The number of benzene rings is 1. The molecule has 1 aromatic carbocycles. The summed E-state index contributed by atoms with van der Waals surface area (Å²) in [5.41, 5.74) is 1.04. The number of anilines is 1. The molecule has 1 heterocycles. The highest BCUT2D eigenvalue weighted by atomic mass is 35.5. The van der Waals surface area contributed by atoms with Crippen molar-refractivity contribution in [1.82, 2.24) is 15.1 Å². The average Bonchev–Trinajstić information content (AvgIpc) is 2.76. The number of carbonyl (C=O) groups is 1. The van der Waals surface area contributed by atoms with E-state index in [-0.39, 0.29) is 6.03 Å². The van der Waals surface area contributed by atoms with E-state index >= 15 is 0 Å². The van der Waals surface area contributed by atoms with Crippen LogP contribution in [0.1, 0.15) is 32.1 Å². The minimum absolute atomic E-state index is 0.0435. The molecule has 0 spiro atoms. The van der Waals surface area contributed by atoms with Crippen molar-refractivity contribution in [2.45, 2.75) is 38.1 Å². The zero-order valence-corrected chi connectivity index (χ0v) is 19.6. The standard InChI is InChI=1S/C22H34Cl2N4O2/c1-26(16-30-2)22(29)25-18-8-6-17(7-9-18)10-11-27-12-14-28(15-13-27)20-5-3-4-19(23)21(20)24/h3-5,17-18H,6-16H2,1-2H3,(H,25,29)/t17-,18-. The van der Waals surface area contributed by atoms with Crippen molar-refractivity contribution in [3.8, 4) is 0 Å². The van der Waals surface area contributed by atoms with E-state index in [0.29, 0.717) is 22.8 Å². The van der Waals surface area contributed by atoms with Gasteiger partial charge in [0.2, 0.25) is 0 Å². The molecule has 3 rings (SSSR count). The number of piperazine rings is 1. The minimum atomic E-state index is -0.0435. The summed E-state index contributed by atoms with van der Waals surface area (Å²) in [5.74, 6) is 0.760. The fourth-order valence-electron chi connectivity index (χ4n) is 4.45. The molecule has 0 radical (unpaired) electrons. The van der Waals surface area contributed by atoms with E-state index in [4.69, 9.17) is 27.9 Å². The molecule has 1 aliphatic carbocycles. The van der Waals surface area contributed by atoms with Crippen LogP contribution in [0.2, 0.25) is 10.0 Å². The number of rotatable bonds is 7. The van der Waals surface area contributed by atoms with Crippen molar-refractivity contribution in [2.24, 2.45) is 5.92 Å². The first kappa shape index (κ1) is 23.5. The molecule has 1 aliphatic heterocycles. The molecule has 0 bridgehead atoms. The maximum Gasteiger partial charge on any atom is 0.319 e. The van der Waals surface area contributed by atoms with Gasteiger partial charge in [0.15, 0.2) is 0 Å². The van der Waals surface area contributed by atoms with Gasteiger partial charge < -0.3 is 19.9 Å². The first-order chi connectivity index (χ1) is 14.5. The van der Waals surface area contributed by atoms with Crippen LogP contribution in [0.15, 0.2) is 18.2 Å². The van der Waals surface area contributed by atoms with E-state index in [0.717, 1.165) is 57.2 Å². The zero-order valence-electron chi connectivity index (χ0n) is 18.1. The molecule has 1 saturated heterocycles. The highest BCUT2D eigenvalue weighted by Gasteiger charge is 2.25. The Bertz CT molecular complexity index is 690. The van der Waals surface area contributed by atoms with Gasteiger partial charge in [-0.1, -0.05) is 29.3 Å². The van der Waals surface area contributed by atoms with E-state index in [9.17, 15) is 4.79 Å². The van der Waals surface area contributed by atoms with E-state index in [1.54, 1.807) is 19.1 Å². The molecule has 2 amide bonds. The van der Waals surface area contributed by atoms with Gasteiger partial charge in [0.25, 0.3) is 0 Å². The highest BCUT2D eigenvalue weighted by molar-refractivity contribution is 6.43. The molecule has 2 fully saturated rings. The molecular formula is C22H34Cl2N4O2. The lowest BCUT2D eigenvalue weighted by Gasteiger charge is -2.37. The van der Waals surface area contributed by atoms with Crippen LogP contribution in [0.25, 0.3) is 0 Å². The predicted molar refractivity (Wildman–Crippen MR) is 124 cm³/mol. The lowest BCUT2D eigenvalue weighted by molar-refractivity contribution is 0.0946. The van der Waals surface area contributed by atoms with Gasteiger partial charge >= 0.3 is 6.03 Å². The zero-order chi connectivity index (χ0) is 21.5. The number of urea groups is 1. The topological polar surface area (TPSA) is 48.1 Å². The quantitative estimate of drug-likeness (QED) is 0.620. The Balaban J connectivity index is 1.34. The number of amides is 2. The number of ether oxygens (including phenoxy) is 1. The number of halogens is 2. The van der Waals surface area contributed by atoms with Gasteiger partial charge in [0.1, 0.15) is 6.73 Å². The van der Waals surface area contributed by atoms with E-state index in [2.05, 4.69) is 15.1 Å². The summed E-state index contributed by atoms with van der Waals surface area (Å²) in [7, 11) is 3.35. The van der Waals surface area contributed by atoms with Crippen molar-refractivity contribution >= 4 is 34.9 Å². The summed E-state index contributed by atoms with van der Waals surface area (Å²) >= 11 is 12.5. The van der Waals surface area contributed by atoms with Crippen molar-refractivity contribution in [3.05, 3.63) is 28.2 Å². The Kier molecular flexibility index (Phi) is 8.93. The van der Waals surface area contributed by atoms with Crippen molar-refractivity contribution in [3.63, 3.8) is 0 Å². The smallest absolute Gasteiger partial charge is 0.319 e. The molecule has 2 aliphatic rings. The van der Waals surface area contributed by atoms with Crippen LogP contribution in [0.3, 0.4) is 0 Å². The van der Waals surface area contributed by atoms with E-state index in [1.165, 1.54) is 19.3 Å². The maximum atomic E-state index is 12.1. The molecule has 6 nitrogen and oxygen atoms in total. The largest absolute Gasteiger partial charge is 0.368 e. The molecule has 1 N–H and O–H groups in total. The van der Waals surface area contributed by atoms with Gasteiger partial charge in [-0.05, 0) is 56.7 Å². The summed E-state index contributed by atoms with van der Waals surface area (Å²) in [6.45, 7) is 5.54. The molecule has 0 aromatic heterocycles. The number of hydrogen-bond acceptors (Lipinski definition) is 4. The van der Waals surface area contributed by atoms with Crippen LogP contribution in [-0.2, 0) is 4.74 Å². The van der Waals surface area contributed by atoms with Crippen LogP contribution in [0.5, 0.6) is 0 Å². The van der Waals surface area contributed by atoms with Crippen LogP contribution >= 0.6 is 23.2 Å². The molecule has 0 atom stereocenters. The second kappa shape index (κ2) is 11.4. The lowest BCUT2D eigenvalue weighted by atomic mass is 9.84. The first-order valence-corrected chi connectivity index (χ1v) is 11.7. The van der Waals surface area contributed by atoms with Crippen LogP contribution in [0.4, 0.5) is 10.5 Å². The summed E-state index contributed by atoms with van der Waals surface area (Å²) in [6, 6.07) is 6.09. The highest BCUT2D eigenvalue weighted by Crippen LogP contribution is 2.33. The number of nitrogens with zero attached hydrogens (tertiary/aromatic N) is 3. The predicted octanol–water partition coefficient (Wildman–Crippen LogP) is 4.31. The molecule has 1 saturated carbocycles. The minimum Gasteiger partial charge on any atom is -0.368 e. The second-order valence-corrected chi connectivity index (χ2v) is 9.26. The summed E-state index contributed by atoms with van der Waals surface area (Å²) in [5, 5.41) is 4.41.